The van der Waals surface area contributed by atoms with Crippen LogP contribution in [0.15, 0.2) is 41.5 Å². The van der Waals surface area contributed by atoms with Gasteiger partial charge in [0.05, 0.1) is 18.4 Å². The molecule has 1 aliphatic rings. The summed E-state index contributed by atoms with van der Waals surface area (Å²) in [6, 6.07) is 10.2. The van der Waals surface area contributed by atoms with Gasteiger partial charge in [-0.2, -0.15) is 0 Å². The van der Waals surface area contributed by atoms with Crippen LogP contribution in [0.2, 0.25) is 0 Å². The molecule has 1 aromatic heterocycles. The van der Waals surface area contributed by atoms with Gasteiger partial charge >= 0.3 is 0 Å². The first kappa shape index (κ1) is 19.4. The molecule has 0 spiro atoms. The molecule has 0 bridgehead atoms. The van der Waals surface area contributed by atoms with Crippen molar-refractivity contribution >= 4 is 5.96 Å². The molecule has 0 aliphatic carbocycles. The molecular formula is C21H32N6. The van der Waals surface area contributed by atoms with Crippen LogP contribution in [0, 0.1) is 5.92 Å². The highest BCUT2D eigenvalue weighted by atomic mass is 15.2. The molecule has 146 valence electrons. The highest BCUT2D eigenvalue weighted by Gasteiger charge is 2.14. The molecule has 0 atom stereocenters. The summed E-state index contributed by atoms with van der Waals surface area (Å²) in [7, 11) is 1.80. The van der Waals surface area contributed by atoms with Gasteiger partial charge in [-0.25, -0.2) is 4.98 Å². The first-order valence-electron chi connectivity index (χ1n) is 10.0. The third-order valence-electron chi connectivity index (χ3n) is 5.18. The van der Waals surface area contributed by atoms with Crippen LogP contribution in [0.1, 0.15) is 32.0 Å². The quantitative estimate of drug-likeness (QED) is 0.399. The van der Waals surface area contributed by atoms with Crippen LogP contribution in [0.4, 0.5) is 0 Å². The summed E-state index contributed by atoms with van der Waals surface area (Å²) in [5, 5.41) is 6.72. The number of benzene rings is 1. The van der Waals surface area contributed by atoms with E-state index in [-0.39, 0.29) is 0 Å². The number of H-pyrrole nitrogens is 1. The first-order chi connectivity index (χ1) is 13.2. The van der Waals surface area contributed by atoms with E-state index in [9.17, 15) is 0 Å². The number of hydrogen-bond donors (Lipinski definition) is 3. The lowest BCUT2D eigenvalue weighted by Crippen LogP contribution is -2.39. The third-order valence-corrected chi connectivity index (χ3v) is 5.18. The van der Waals surface area contributed by atoms with E-state index in [0.717, 1.165) is 48.5 Å². The summed E-state index contributed by atoms with van der Waals surface area (Å²) in [6.45, 7) is 7.56. The van der Waals surface area contributed by atoms with Crippen molar-refractivity contribution in [1.29, 1.82) is 0 Å². The number of guanidine groups is 1. The number of aromatic amines is 1. The number of rotatable bonds is 7. The molecule has 2 aromatic rings. The maximum absolute atomic E-state index is 4.46. The fourth-order valence-corrected chi connectivity index (χ4v) is 3.40. The Morgan fingerprint density at radius 2 is 2.00 bits per heavy atom. The minimum absolute atomic E-state index is 0.622. The normalized spacial score (nSPS) is 16.4. The average molecular weight is 369 g/mol. The molecule has 3 rings (SSSR count). The molecule has 2 heterocycles. The second kappa shape index (κ2) is 10.1. The van der Waals surface area contributed by atoms with Gasteiger partial charge in [0, 0.05) is 13.6 Å². The molecule has 1 aromatic carbocycles. The van der Waals surface area contributed by atoms with Crippen LogP contribution < -0.4 is 10.6 Å². The van der Waals surface area contributed by atoms with Gasteiger partial charge in [-0.1, -0.05) is 37.3 Å². The third kappa shape index (κ3) is 6.10. The van der Waals surface area contributed by atoms with Gasteiger partial charge in [0.2, 0.25) is 0 Å². The van der Waals surface area contributed by atoms with Crippen molar-refractivity contribution in [3.63, 3.8) is 0 Å². The van der Waals surface area contributed by atoms with Crippen LogP contribution in [0.3, 0.4) is 0 Å². The number of likely N-dealkylation sites (tertiary alicyclic amines) is 1. The van der Waals surface area contributed by atoms with Crippen molar-refractivity contribution in [3.8, 4) is 11.3 Å². The van der Waals surface area contributed by atoms with Gasteiger partial charge < -0.3 is 20.5 Å². The molecular weight excluding hydrogens is 336 g/mol. The Hall–Kier alpha value is -2.34. The predicted molar refractivity (Wildman–Crippen MR) is 112 cm³/mol. The SMILES string of the molecule is CN=C(NCCCN1CCC(C)CC1)NCc1ncc(-c2ccccc2)[nH]1. The number of aliphatic imine (C=N–C) groups is 1. The lowest BCUT2D eigenvalue weighted by Gasteiger charge is -2.30. The van der Waals surface area contributed by atoms with Crippen LogP contribution in [-0.4, -0.2) is 54.1 Å². The second-order valence-electron chi connectivity index (χ2n) is 7.34. The van der Waals surface area contributed by atoms with Crippen molar-refractivity contribution in [2.24, 2.45) is 10.9 Å². The molecule has 0 radical (unpaired) electrons. The monoisotopic (exact) mass is 368 g/mol. The molecule has 6 nitrogen and oxygen atoms in total. The molecule has 1 fully saturated rings. The summed E-state index contributed by atoms with van der Waals surface area (Å²) < 4.78 is 0. The van der Waals surface area contributed by atoms with Crippen molar-refractivity contribution in [1.82, 2.24) is 25.5 Å². The number of imidazole rings is 1. The zero-order valence-corrected chi connectivity index (χ0v) is 16.5. The summed E-state index contributed by atoms with van der Waals surface area (Å²) >= 11 is 0. The van der Waals surface area contributed by atoms with E-state index in [2.05, 4.69) is 49.6 Å². The number of hydrogen-bond acceptors (Lipinski definition) is 3. The minimum Gasteiger partial charge on any atom is -0.356 e. The van der Waals surface area contributed by atoms with E-state index in [0.29, 0.717) is 6.54 Å². The van der Waals surface area contributed by atoms with E-state index in [4.69, 9.17) is 0 Å². The van der Waals surface area contributed by atoms with E-state index >= 15 is 0 Å². The molecule has 27 heavy (non-hydrogen) atoms. The smallest absolute Gasteiger partial charge is 0.191 e. The topological polar surface area (TPSA) is 68.3 Å². The minimum atomic E-state index is 0.622. The van der Waals surface area contributed by atoms with Crippen molar-refractivity contribution < 1.29 is 0 Å². The maximum Gasteiger partial charge on any atom is 0.191 e. The molecule has 1 saturated heterocycles. The Bertz CT molecular complexity index is 700. The molecule has 3 N–H and O–H groups in total. The Morgan fingerprint density at radius 1 is 1.22 bits per heavy atom. The Morgan fingerprint density at radius 3 is 2.74 bits per heavy atom. The van der Waals surface area contributed by atoms with Crippen LogP contribution in [0.5, 0.6) is 0 Å². The Kier molecular flexibility index (Phi) is 7.27. The van der Waals surface area contributed by atoms with E-state index in [1.165, 1.54) is 25.9 Å². The van der Waals surface area contributed by atoms with E-state index in [1.54, 1.807) is 7.05 Å². The molecule has 1 aliphatic heterocycles. The Balaban J connectivity index is 1.36. The largest absolute Gasteiger partial charge is 0.356 e. The first-order valence-corrected chi connectivity index (χ1v) is 10.0. The van der Waals surface area contributed by atoms with Gasteiger partial charge in [-0.05, 0) is 50.4 Å². The highest BCUT2D eigenvalue weighted by molar-refractivity contribution is 5.79. The zero-order chi connectivity index (χ0) is 18.9. The Labute approximate surface area is 162 Å². The van der Waals surface area contributed by atoms with Gasteiger partial charge in [0.1, 0.15) is 5.82 Å². The van der Waals surface area contributed by atoms with Gasteiger partial charge in [0.15, 0.2) is 5.96 Å². The summed E-state index contributed by atoms with van der Waals surface area (Å²) in [5.74, 6) is 2.62. The number of piperidine rings is 1. The van der Waals surface area contributed by atoms with Gasteiger partial charge in [-0.15, -0.1) is 0 Å². The van der Waals surface area contributed by atoms with Crippen LogP contribution in [0.25, 0.3) is 11.3 Å². The fourth-order valence-electron chi connectivity index (χ4n) is 3.40. The average Bonchev–Trinajstić information content (AvgIpc) is 3.18. The molecule has 0 amide bonds. The lowest BCUT2D eigenvalue weighted by atomic mass is 9.99. The van der Waals surface area contributed by atoms with Crippen molar-refractivity contribution in [2.75, 3.05) is 33.2 Å². The molecule has 6 heteroatoms. The summed E-state index contributed by atoms with van der Waals surface area (Å²) in [4.78, 5) is 14.7. The predicted octanol–water partition coefficient (Wildman–Crippen LogP) is 2.86. The number of aromatic nitrogens is 2. The maximum atomic E-state index is 4.46. The number of nitrogens with one attached hydrogen (secondary N) is 3. The highest BCUT2D eigenvalue weighted by Crippen LogP contribution is 2.16. The lowest BCUT2D eigenvalue weighted by molar-refractivity contribution is 0.191. The van der Waals surface area contributed by atoms with Crippen molar-refractivity contribution in [2.45, 2.75) is 32.7 Å². The zero-order valence-electron chi connectivity index (χ0n) is 16.5. The summed E-state index contributed by atoms with van der Waals surface area (Å²) in [5.41, 5.74) is 2.18. The van der Waals surface area contributed by atoms with E-state index in [1.807, 2.05) is 24.4 Å². The van der Waals surface area contributed by atoms with Crippen LogP contribution in [-0.2, 0) is 6.54 Å². The van der Waals surface area contributed by atoms with Gasteiger partial charge in [-0.3, -0.25) is 4.99 Å². The van der Waals surface area contributed by atoms with Gasteiger partial charge in [0.25, 0.3) is 0 Å². The molecule has 0 saturated carbocycles. The standard InChI is InChI=1S/C21H32N6/c1-17-9-13-27(14-10-17)12-6-11-23-21(22-2)25-16-20-24-15-19(26-20)18-7-4-3-5-8-18/h3-5,7-8,15,17H,6,9-14,16H2,1-2H3,(H,24,26)(H2,22,23,25). The fraction of sp³-hybridized carbons (Fsp3) is 0.524. The molecule has 0 unspecified atom stereocenters. The number of nitrogens with zero attached hydrogens (tertiary/aromatic N) is 3. The second-order valence-corrected chi connectivity index (χ2v) is 7.34. The summed E-state index contributed by atoms with van der Waals surface area (Å²) in [6.07, 6.45) is 5.69. The van der Waals surface area contributed by atoms with E-state index < -0.39 is 0 Å². The van der Waals surface area contributed by atoms with Crippen molar-refractivity contribution in [3.05, 3.63) is 42.4 Å². The van der Waals surface area contributed by atoms with Crippen LogP contribution >= 0.6 is 0 Å².